The Balaban J connectivity index is 1.52. The highest BCUT2D eigenvalue weighted by Crippen LogP contribution is 2.34. The number of sulfonamides is 1. The van der Waals surface area contributed by atoms with Gasteiger partial charge in [0.2, 0.25) is 0 Å². The molecule has 1 amide bonds. The fourth-order valence-electron chi connectivity index (χ4n) is 4.74. The molecule has 7 nitrogen and oxygen atoms in total. The normalized spacial score (nSPS) is 14.5. The zero-order valence-electron chi connectivity index (χ0n) is 23.9. The van der Waals surface area contributed by atoms with Crippen molar-refractivity contribution in [2.24, 2.45) is 4.99 Å². The number of nitrogens with zero attached hydrogens (tertiary/aromatic N) is 3. The van der Waals surface area contributed by atoms with Crippen molar-refractivity contribution in [1.29, 1.82) is 0 Å². The molecule has 1 heterocycles. The van der Waals surface area contributed by atoms with Gasteiger partial charge in [-0.15, -0.1) is 0 Å². The van der Waals surface area contributed by atoms with Gasteiger partial charge in [-0.2, -0.15) is 0 Å². The Kier molecular flexibility index (Phi) is 8.99. The molecular weight excluding hydrogens is 567 g/mol. The number of aryl methyl sites for hydroxylation is 2. The standard InChI is InChI=1S/C33H33N3O4S2/c1-24-17-18-25(2)29(21-24)34-33-35(19-10-20-41-33)32(37)27-13-9-14-28(22-27)42(38,39)36(23-26-11-5-4-6-12-26)30-15-7-8-16-31(30)40-3/h4-9,11-18,21-22H,10,19-20,23H2,1-3H3. The average molecular weight is 600 g/mol. The molecule has 4 aromatic carbocycles. The second-order valence-electron chi connectivity index (χ2n) is 10.0. The Morgan fingerprint density at radius 1 is 0.952 bits per heavy atom. The molecule has 1 aliphatic rings. The maximum Gasteiger partial charge on any atom is 0.264 e. The van der Waals surface area contributed by atoms with Crippen molar-refractivity contribution in [3.8, 4) is 5.75 Å². The zero-order valence-corrected chi connectivity index (χ0v) is 25.5. The van der Waals surface area contributed by atoms with Crippen LogP contribution in [0.2, 0.25) is 0 Å². The predicted molar refractivity (Wildman–Crippen MR) is 170 cm³/mol. The van der Waals surface area contributed by atoms with E-state index in [1.807, 2.05) is 62.4 Å². The summed E-state index contributed by atoms with van der Waals surface area (Å²) in [6, 6.07) is 28.7. The number of ether oxygens (including phenoxy) is 1. The van der Waals surface area contributed by atoms with Crippen LogP contribution in [0.1, 0.15) is 33.5 Å². The second-order valence-corrected chi connectivity index (χ2v) is 13.0. The van der Waals surface area contributed by atoms with E-state index in [1.165, 1.54) is 35.3 Å². The predicted octanol–water partition coefficient (Wildman–Crippen LogP) is 6.97. The van der Waals surface area contributed by atoms with E-state index in [2.05, 4.69) is 0 Å². The molecule has 216 valence electrons. The Hall–Kier alpha value is -4.08. The van der Waals surface area contributed by atoms with Gasteiger partial charge in [0.15, 0.2) is 5.17 Å². The zero-order chi connectivity index (χ0) is 29.7. The molecule has 0 aromatic heterocycles. The van der Waals surface area contributed by atoms with E-state index in [4.69, 9.17) is 9.73 Å². The van der Waals surface area contributed by atoms with Gasteiger partial charge in [-0.1, -0.05) is 72.4 Å². The third-order valence-electron chi connectivity index (χ3n) is 7.01. The van der Waals surface area contributed by atoms with Gasteiger partial charge >= 0.3 is 0 Å². The molecule has 0 spiro atoms. The SMILES string of the molecule is COc1ccccc1N(Cc1ccccc1)S(=O)(=O)c1cccc(C(=O)N2CCCSC2=Nc2cc(C)ccc2C)c1. The number of benzene rings is 4. The second kappa shape index (κ2) is 12.8. The fraction of sp³-hybridized carbons (Fsp3) is 0.212. The Morgan fingerprint density at radius 3 is 2.50 bits per heavy atom. The number of anilines is 1. The minimum Gasteiger partial charge on any atom is -0.495 e. The lowest BCUT2D eigenvalue weighted by Gasteiger charge is -2.29. The summed E-state index contributed by atoms with van der Waals surface area (Å²) in [5.74, 6) is 1.01. The lowest BCUT2D eigenvalue weighted by molar-refractivity contribution is 0.0849. The first kappa shape index (κ1) is 29.4. The number of hydrogen-bond donors (Lipinski definition) is 0. The van der Waals surface area contributed by atoms with Crippen LogP contribution < -0.4 is 9.04 Å². The van der Waals surface area contributed by atoms with Gasteiger partial charge in [0, 0.05) is 17.9 Å². The molecule has 1 fully saturated rings. The molecule has 0 radical (unpaired) electrons. The van der Waals surface area contributed by atoms with Gasteiger partial charge < -0.3 is 4.74 Å². The molecule has 0 bridgehead atoms. The lowest BCUT2D eigenvalue weighted by atomic mass is 10.1. The number of amidine groups is 1. The molecule has 0 aliphatic carbocycles. The highest BCUT2D eigenvalue weighted by molar-refractivity contribution is 8.13. The summed E-state index contributed by atoms with van der Waals surface area (Å²) in [5, 5.41) is 0.618. The van der Waals surface area contributed by atoms with Crippen LogP contribution in [0.15, 0.2) is 107 Å². The van der Waals surface area contributed by atoms with Crippen LogP contribution in [0.25, 0.3) is 0 Å². The van der Waals surface area contributed by atoms with Crippen LogP contribution >= 0.6 is 11.8 Å². The number of carbonyl (C=O) groups excluding carboxylic acids is 1. The molecule has 0 N–H and O–H groups in total. The summed E-state index contributed by atoms with van der Waals surface area (Å²) in [6.45, 7) is 4.61. The average Bonchev–Trinajstić information content (AvgIpc) is 3.02. The summed E-state index contributed by atoms with van der Waals surface area (Å²) in [4.78, 5) is 20.4. The number of amides is 1. The van der Waals surface area contributed by atoms with E-state index in [-0.39, 0.29) is 22.9 Å². The van der Waals surface area contributed by atoms with E-state index in [0.29, 0.717) is 23.1 Å². The van der Waals surface area contributed by atoms with E-state index in [1.54, 1.807) is 41.3 Å². The number of para-hydroxylation sites is 2. The largest absolute Gasteiger partial charge is 0.495 e. The van der Waals surface area contributed by atoms with Crippen LogP contribution in [-0.4, -0.2) is 43.8 Å². The molecule has 9 heteroatoms. The minimum atomic E-state index is -4.10. The number of methoxy groups -OCH3 is 1. The maximum absolute atomic E-state index is 14.2. The van der Waals surface area contributed by atoms with Crippen molar-refractivity contribution >= 4 is 44.2 Å². The van der Waals surface area contributed by atoms with Crippen LogP contribution in [-0.2, 0) is 16.6 Å². The highest BCUT2D eigenvalue weighted by atomic mass is 32.2. The maximum atomic E-state index is 14.2. The molecule has 42 heavy (non-hydrogen) atoms. The summed E-state index contributed by atoms with van der Waals surface area (Å²) in [5.41, 5.74) is 4.45. The lowest BCUT2D eigenvalue weighted by Crippen LogP contribution is -2.39. The minimum absolute atomic E-state index is 0.0212. The first-order valence-electron chi connectivity index (χ1n) is 13.7. The highest BCUT2D eigenvalue weighted by Gasteiger charge is 2.30. The number of hydrogen-bond acceptors (Lipinski definition) is 6. The smallest absolute Gasteiger partial charge is 0.264 e. The molecular formula is C33H33N3O4S2. The molecule has 0 unspecified atom stereocenters. The van der Waals surface area contributed by atoms with Gasteiger partial charge in [-0.3, -0.25) is 14.0 Å². The number of thioether (sulfide) groups is 1. The van der Waals surface area contributed by atoms with Crippen molar-refractivity contribution in [2.45, 2.75) is 31.7 Å². The van der Waals surface area contributed by atoms with Crippen LogP contribution in [0.5, 0.6) is 5.75 Å². The van der Waals surface area contributed by atoms with Gasteiger partial charge in [0.05, 0.1) is 29.9 Å². The summed E-state index contributed by atoms with van der Waals surface area (Å²) in [7, 11) is -2.58. The third kappa shape index (κ3) is 6.37. The van der Waals surface area contributed by atoms with E-state index in [9.17, 15) is 13.2 Å². The molecule has 1 aliphatic heterocycles. The molecule has 0 saturated carbocycles. The first-order valence-corrected chi connectivity index (χ1v) is 16.1. The summed E-state index contributed by atoms with van der Waals surface area (Å²) in [6.07, 6.45) is 0.818. The Bertz CT molecular complexity index is 1720. The molecule has 5 rings (SSSR count). The van der Waals surface area contributed by atoms with Gasteiger partial charge in [-0.25, -0.2) is 13.4 Å². The fourth-order valence-corrected chi connectivity index (χ4v) is 7.20. The summed E-state index contributed by atoms with van der Waals surface area (Å²) < 4.78 is 35.4. The molecule has 1 saturated heterocycles. The van der Waals surface area contributed by atoms with E-state index < -0.39 is 10.0 Å². The first-order chi connectivity index (χ1) is 20.3. The van der Waals surface area contributed by atoms with Gasteiger partial charge in [-0.05, 0) is 73.4 Å². The Morgan fingerprint density at radius 2 is 1.71 bits per heavy atom. The third-order valence-corrected chi connectivity index (χ3v) is 9.82. The monoisotopic (exact) mass is 599 g/mol. The number of carbonyl (C=O) groups is 1. The van der Waals surface area contributed by atoms with E-state index in [0.717, 1.165) is 34.6 Å². The van der Waals surface area contributed by atoms with Crippen LogP contribution in [0.3, 0.4) is 0 Å². The number of rotatable bonds is 8. The van der Waals surface area contributed by atoms with Crippen molar-refractivity contribution in [2.75, 3.05) is 23.7 Å². The topological polar surface area (TPSA) is 79.3 Å². The molecule has 0 atom stereocenters. The summed E-state index contributed by atoms with van der Waals surface area (Å²) >= 11 is 1.54. The van der Waals surface area contributed by atoms with Crippen molar-refractivity contribution in [3.63, 3.8) is 0 Å². The van der Waals surface area contributed by atoms with Crippen molar-refractivity contribution < 1.29 is 17.9 Å². The van der Waals surface area contributed by atoms with Gasteiger partial charge in [0.1, 0.15) is 5.75 Å². The van der Waals surface area contributed by atoms with Gasteiger partial charge in [0.25, 0.3) is 15.9 Å². The van der Waals surface area contributed by atoms with Crippen LogP contribution in [0.4, 0.5) is 11.4 Å². The quantitative estimate of drug-likeness (QED) is 0.219. The van der Waals surface area contributed by atoms with Crippen molar-refractivity contribution in [3.05, 3.63) is 119 Å². The Labute approximate surface area is 251 Å². The van der Waals surface area contributed by atoms with Crippen LogP contribution in [0, 0.1) is 13.8 Å². The van der Waals surface area contributed by atoms with Crippen molar-refractivity contribution in [1.82, 2.24) is 4.90 Å². The number of aliphatic imine (C=N–C) groups is 1. The van der Waals surface area contributed by atoms with E-state index >= 15 is 0 Å². The molecule has 4 aromatic rings.